The number of methoxy groups -OCH3 is 1. The van der Waals surface area contributed by atoms with Gasteiger partial charge in [0.1, 0.15) is 12.6 Å². The van der Waals surface area contributed by atoms with Crippen LogP contribution >= 0.6 is 0 Å². The summed E-state index contributed by atoms with van der Waals surface area (Å²) in [5.74, 6) is -2.12. The van der Waals surface area contributed by atoms with Crippen molar-refractivity contribution in [2.24, 2.45) is 5.92 Å². The zero-order valence-electron chi connectivity index (χ0n) is 18.5. The maximum absolute atomic E-state index is 12.7. The lowest BCUT2D eigenvalue weighted by Crippen LogP contribution is -2.53. The second-order valence-corrected chi connectivity index (χ2v) is 8.47. The van der Waals surface area contributed by atoms with E-state index in [4.69, 9.17) is 9.47 Å². The summed E-state index contributed by atoms with van der Waals surface area (Å²) in [7, 11) is 1.43. The first-order valence-corrected chi connectivity index (χ1v) is 11.1. The minimum atomic E-state index is -0.985. The monoisotopic (exact) mass is 452 g/mol. The third-order valence-electron chi connectivity index (χ3n) is 6.45. The second kappa shape index (κ2) is 10.0. The fourth-order valence-electron chi connectivity index (χ4n) is 4.84. The molecule has 3 atom stereocenters. The average molecular weight is 453 g/mol. The normalized spacial score (nSPS) is 19.9. The molecule has 8 nitrogen and oxygen atoms in total. The molecule has 2 aliphatic carbocycles. The molecule has 2 amide bonds. The molecule has 0 aliphatic heterocycles. The fraction of sp³-hybridized carbons (Fsp3) is 0.400. The Morgan fingerprint density at radius 2 is 1.67 bits per heavy atom. The summed E-state index contributed by atoms with van der Waals surface area (Å²) in [6.07, 6.45) is 1.12. The van der Waals surface area contributed by atoms with Gasteiger partial charge >= 0.3 is 12.1 Å². The topological polar surface area (TPSA) is 114 Å². The third-order valence-corrected chi connectivity index (χ3v) is 6.45. The molecule has 0 heterocycles. The second-order valence-electron chi connectivity index (χ2n) is 8.47. The Kier molecular flexibility index (Phi) is 6.93. The zero-order valence-corrected chi connectivity index (χ0v) is 18.5. The van der Waals surface area contributed by atoms with Gasteiger partial charge in [-0.25, -0.2) is 4.79 Å². The van der Waals surface area contributed by atoms with Crippen LogP contribution in [0.4, 0.5) is 4.79 Å². The summed E-state index contributed by atoms with van der Waals surface area (Å²) in [5.41, 5.74) is 4.45. The van der Waals surface area contributed by atoms with Crippen LogP contribution in [0.2, 0.25) is 0 Å². The van der Waals surface area contributed by atoms with Crippen molar-refractivity contribution in [3.63, 3.8) is 0 Å². The Morgan fingerprint density at radius 1 is 1.03 bits per heavy atom. The predicted molar refractivity (Wildman–Crippen MR) is 121 cm³/mol. The first-order chi connectivity index (χ1) is 16.0. The van der Waals surface area contributed by atoms with Crippen LogP contribution in [0.15, 0.2) is 48.5 Å². The largest absolute Gasteiger partial charge is 0.481 e. The molecule has 0 radical (unpaired) electrons. The SMILES string of the molecule is COC[C@H](NC(=O)OCC1c2ccccc2-c2ccccc21)C(=O)N[C@H]1CCC[C@H]1C(=O)O. The van der Waals surface area contributed by atoms with Crippen molar-refractivity contribution < 1.29 is 29.0 Å². The number of carboxylic acid groups (broad SMARTS) is 1. The number of alkyl carbamates (subject to hydrolysis) is 1. The van der Waals surface area contributed by atoms with Gasteiger partial charge in [-0.2, -0.15) is 0 Å². The molecular formula is C25H28N2O6. The number of ether oxygens (including phenoxy) is 2. The first kappa shape index (κ1) is 22.8. The highest BCUT2D eigenvalue weighted by molar-refractivity contribution is 5.86. The number of benzene rings is 2. The van der Waals surface area contributed by atoms with Crippen molar-refractivity contribution in [3.05, 3.63) is 59.7 Å². The lowest BCUT2D eigenvalue weighted by Gasteiger charge is -2.23. The highest BCUT2D eigenvalue weighted by Gasteiger charge is 2.36. The van der Waals surface area contributed by atoms with E-state index in [1.54, 1.807) is 0 Å². The fourth-order valence-corrected chi connectivity index (χ4v) is 4.84. The number of aliphatic carboxylic acids is 1. The molecule has 174 valence electrons. The Bertz CT molecular complexity index is 994. The van der Waals surface area contributed by atoms with Crippen molar-refractivity contribution in [2.45, 2.75) is 37.3 Å². The smallest absolute Gasteiger partial charge is 0.407 e. The van der Waals surface area contributed by atoms with Crippen LogP contribution in [-0.2, 0) is 19.1 Å². The van der Waals surface area contributed by atoms with Gasteiger partial charge in [0, 0.05) is 19.1 Å². The number of carbonyl (C=O) groups is 3. The van der Waals surface area contributed by atoms with E-state index < -0.39 is 36.0 Å². The molecule has 2 aliphatic rings. The molecule has 0 saturated heterocycles. The highest BCUT2D eigenvalue weighted by atomic mass is 16.5. The number of hydrogen-bond acceptors (Lipinski definition) is 5. The lowest BCUT2D eigenvalue weighted by atomic mass is 9.98. The molecule has 1 fully saturated rings. The first-order valence-electron chi connectivity index (χ1n) is 11.1. The maximum atomic E-state index is 12.7. The van der Waals surface area contributed by atoms with Gasteiger partial charge in [0.05, 0.1) is 12.5 Å². The Morgan fingerprint density at radius 3 is 2.27 bits per heavy atom. The molecule has 8 heteroatoms. The van der Waals surface area contributed by atoms with Crippen LogP contribution in [0.5, 0.6) is 0 Å². The lowest BCUT2D eigenvalue weighted by molar-refractivity contribution is -0.142. The summed E-state index contributed by atoms with van der Waals surface area (Å²) in [5, 5.41) is 14.6. The number of hydrogen-bond donors (Lipinski definition) is 3. The van der Waals surface area contributed by atoms with Gasteiger partial charge in [0.15, 0.2) is 0 Å². The van der Waals surface area contributed by atoms with Gasteiger partial charge < -0.3 is 25.2 Å². The number of nitrogens with one attached hydrogen (secondary N) is 2. The van der Waals surface area contributed by atoms with E-state index in [2.05, 4.69) is 22.8 Å². The average Bonchev–Trinajstić information content (AvgIpc) is 3.40. The van der Waals surface area contributed by atoms with Gasteiger partial charge in [-0.3, -0.25) is 9.59 Å². The summed E-state index contributed by atoms with van der Waals surface area (Å²) < 4.78 is 10.6. The summed E-state index contributed by atoms with van der Waals surface area (Å²) >= 11 is 0. The standard InChI is InChI=1S/C25H28N2O6/c1-32-14-22(23(28)26-21-12-6-11-19(21)24(29)30)27-25(31)33-13-20-17-9-4-2-7-15(17)16-8-3-5-10-18(16)20/h2-5,7-10,19-22H,6,11-14H2,1H3,(H,26,28)(H,27,31)(H,29,30)/t19-,21+,22+/m1/s1. The molecule has 0 unspecified atom stereocenters. The molecule has 4 rings (SSSR count). The van der Waals surface area contributed by atoms with E-state index in [0.29, 0.717) is 12.8 Å². The van der Waals surface area contributed by atoms with E-state index in [0.717, 1.165) is 28.7 Å². The van der Waals surface area contributed by atoms with Gasteiger partial charge in [-0.05, 0) is 35.1 Å². The minimum Gasteiger partial charge on any atom is -0.481 e. The molecule has 3 N–H and O–H groups in total. The quantitative estimate of drug-likeness (QED) is 0.568. The van der Waals surface area contributed by atoms with Gasteiger partial charge in [-0.15, -0.1) is 0 Å². The minimum absolute atomic E-state index is 0.0551. The molecule has 0 spiro atoms. The number of fused-ring (bicyclic) bond motifs is 3. The van der Waals surface area contributed by atoms with Crippen LogP contribution < -0.4 is 10.6 Å². The van der Waals surface area contributed by atoms with E-state index >= 15 is 0 Å². The molecule has 0 bridgehead atoms. The molecule has 2 aromatic carbocycles. The Balaban J connectivity index is 1.38. The number of amides is 2. The highest BCUT2D eigenvalue weighted by Crippen LogP contribution is 2.44. The van der Waals surface area contributed by atoms with E-state index in [-0.39, 0.29) is 19.1 Å². The van der Waals surface area contributed by atoms with E-state index in [1.165, 1.54) is 7.11 Å². The van der Waals surface area contributed by atoms with Crippen molar-refractivity contribution in [1.82, 2.24) is 10.6 Å². The number of carboxylic acids is 1. The van der Waals surface area contributed by atoms with Gasteiger partial charge in [0.25, 0.3) is 0 Å². The van der Waals surface area contributed by atoms with Crippen LogP contribution in [0, 0.1) is 5.92 Å². The molecular weight excluding hydrogens is 424 g/mol. The summed E-state index contributed by atoms with van der Waals surface area (Å²) in [4.78, 5) is 36.7. The zero-order chi connectivity index (χ0) is 23.4. The van der Waals surface area contributed by atoms with Gasteiger partial charge in [-0.1, -0.05) is 55.0 Å². The van der Waals surface area contributed by atoms with Crippen LogP contribution in [0.3, 0.4) is 0 Å². The molecule has 1 saturated carbocycles. The summed E-state index contributed by atoms with van der Waals surface area (Å²) in [6, 6.07) is 14.6. The van der Waals surface area contributed by atoms with Gasteiger partial charge in [0.2, 0.25) is 5.91 Å². The Hall–Kier alpha value is -3.39. The Labute approximate surface area is 192 Å². The van der Waals surface area contributed by atoms with Crippen molar-refractivity contribution in [2.75, 3.05) is 20.3 Å². The third kappa shape index (κ3) is 4.85. The molecule has 2 aromatic rings. The van der Waals surface area contributed by atoms with Crippen LogP contribution in [0.25, 0.3) is 11.1 Å². The summed E-state index contributed by atoms with van der Waals surface area (Å²) in [6.45, 7) is 0.0748. The molecule has 0 aromatic heterocycles. The number of rotatable bonds is 8. The molecule has 33 heavy (non-hydrogen) atoms. The predicted octanol–water partition coefficient (Wildman–Crippen LogP) is 2.91. The van der Waals surface area contributed by atoms with E-state index in [1.807, 2.05) is 36.4 Å². The number of carbonyl (C=O) groups excluding carboxylic acids is 2. The van der Waals surface area contributed by atoms with E-state index in [9.17, 15) is 19.5 Å². The van der Waals surface area contributed by atoms with Crippen LogP contribution in [-0.4, -0.2) is 55.5 Å². The van der Waals surface area contributed by atoms with Crippen molar-refractivity contribution in [1.29, 1.82) is 0 Å². The van der Waals surface area contributed by atoms with Crippen molar-refractivity contribution >= 4 is 18.0 Å². The van der Waals surface area contributed by atoms with Crippen molar-refractivity contribution in [3.8, 4) is 11.1 Å². The maximum Gasteiger partial charge on any atom is 0.407 e. The van der Waals surface area contributed by atoms with Crippen LogP contribution in [0.1, 0.15) is 36.3 Å².